The summed E-state index contributed by atoms with van der Waals surface area (Å²) in [6.45, 7) is 20.9. The quantitative estimate of drug-likeness (QED) is 0.182. The van der Waals surface area contributed by atoms with Gasteiger partial charge in [-0.25, -0.2) is 0 Å². The molecule has 0 N–H and O–H groups in total. The lowest BCUT2D eigenvalue weighted by molar-refractivity contribution is 0.178. The predicted octanol–water partition coefficient (Wildman–Crippen LogP) is 6.40. The molecule has 5 nitrogen and oxygen atoms in total. The fraction of sp³-hybridized carbons (Fsp3) is 0.455. The van der Waals surface area contributed by atoms with Crippen molar-refractivity contribution in [3.63, 3.8) is 0 Å². The van der Waals surface area contributed by atoms with Crippen LogP contribution >= 0.6 is 0 Å². The van der Waals surface area contributed by atoms with E-state index in [-0.39, 0.29) is 9.93 Å². The van der Waals surface area contributed by atoms with E-state index in [4.69, 9.17) is 8.61 Å². The number of rotatable bonds is 12. The van der Waals surface area contributed by atoms with Crippen LogP contribution in [0.5, 0.6) is 0 Å². The van der Waals surface area contributed by atoms with Crippen molar-refractivity contribution in [2.45, 2.75) is 77.8 Å². The van der Waals surface area contributed by atoms with E-state index in [0.29, 0.717) is 13.0 Å². The fourth-order valence-corrected chi connectivity index (χ4v) is 10.5. The second-order valence-corrected chi connectivity index (χ2v) is 17.0. The second kappa shape index (κ2) is 15.6. The second-order valence-electron chi connectivity index (χ2n) is 11.1. The molecule has 0 fully saturated rings. The highest BCUT2D eigenvalue weighted by atomic mass is 32.2. The van der Waals surface area contributed by atoms with E-state index in [1.807, 2.05) is 19.1 Å². The average molecular weight is 584 g/mol. The zero-order chi connectivity index (χ0) is 29.8. The van der Waals surface area contributed by atoms with Crippen LogP contribution in [-0.2, 0) is 18.7 Å². The Hall–Kier alpha value is -2.29. The summed E-state index contributed by atoms with van der Waals surface area (Å²) in [6.07, 6.45) is -0.0372. The smallest absolute Gasteiger partial charge is 0.297 e. The van der Waals surface area contributed by atoms with Gasteiger partial charge in [0.2, 0.25) is 0 Å². The first-order valence-electron chi connectivity index (χ1n) is 14.4. The summed E-state index contributed by atoms with van der Waals surface area (Å²) >= 11 is 0. The highest BCUT2D eigenvalue weighted by Gasteiger charge is 2.50. The van der Waals surface area contributed by atoms with Gasteiger partial charge in [-0.15, -0.1) is 0 Å². The summed E-state index contributed by atoms with van der Waals surface area (Å²) in [5.41, 5.74) is 1.00. The Morgan fingerprint density at radius 1 is 0.775 bits per heavy atom. The molecule has 1 atom stereocenters. The molecule has 0 saturated carbocycles. The van der Waals surface area contributed by atoms with Gasteiger partial charge in [-0.1, -0.05) is 120 Å². The molecular formula is C33H49NO4SSi. The largest absolute Gasteiger partial charge is 0.407 e. The van der Waals surface area contributed by atoms with Crippen LogP contribution in [0.2, 0.25) is 5.04 Å². The minimum absolute atomic E-state index is 0.131. The highest BCUT2D eigenvalue weighted by Crippen LogP contribution is 2.37. The first-order valence-corrected chi connectivity index (χ1v) is 17.7. The van der Waals surface area contributed by atoms with Crippen LogP contribution < -0.4 is 10.4 Å². The molecule has 3 aromatic rings. The van der Waals surface area contributed by atoms with E-state index < -0.39 is 24.5 Å². The predicted molar refractivity (Wildman–Crippen MR) is 171 cm³/mol. The van der Waals surface area contributed by atoms with E-state index in [1.54, 1.807) is 31.2 Å². The molecular weight excluding hydrogens is 535 g/mol. The normalized spacial score (nSPS) is 13.0. The van der Waals surface area contributed by atoms with Crippen LogP contribution in [0.3, 0.4) is 0 Å². The standard InChI is InChI=1S/C27H34O4SSi.C6H15N/c1-22-16-18-24(19-17-22)32(28,29)31-23(2)20-21-30-33(27(3,4)5,25-12-8-6-9-13-25)26-14-10-7-11-15-26;1-4-7(5-2)6-3/h6-19,23H,20-21H2,1-5H3;4-6H2,1-3H3. The number of benzene rings is 3. The summed E-state index contributed by atoms with van der Waals surface area (Å²) in [4.78, 5) is 2.55. The maximum absolute atomic E-state index is 12.7. The molecule has 0 spiro atoms. The van der Waals surface area contributed by atoms with Gasteiger partial charge >= 0.3 is 0 Å². The van der Waals surface area contributed by atoms with Crippen molar-refractivity contribution < 1.29 is 17.0 Å². The molecule has 7 heteroatoms. The zero-order valence-corrected chi connectivity index (χ0v) is 27.5. The lowest BCUT2D eigenvalue weighted by Gasteiger charge is -2.43. The van der Waals surface area contributed by atoms with Crippen LogP contribution in [-0.4, -0.2) is 54.0 Å². The van der Waals surface area contributed by atoms with E-state index in [1.165, 1.54) is 30.0 Å². The molecule has 40 heavy (non-hydrogen) atoms. The molecule has 3 aromatic carbocycles. The molecule has 0 saturated heterocycles. The van der Waals surface area contributed by atoms with E-state index in [9.17, 15) is 8.42 Å². The first kappa shape index (κ1) is 33.9. The van der Waals surface area contributed by atoms with Gasteiger partial charge in [0.15, 0.2) is 0 Å². The van der Waals surface area contributed by atoms with Gasteiger partial charge in [0.05, 0.1) is 11.0 Å². The van der Waals surface area contributed by atoms with Gasteiger partial charge in [-0.05, 0) is 67.4 Å². The maximum Gasteiger partial charge on any atom is 0.297 e. The SMILES string of the molecule is CCN(CC)CC.Cc1ccc(S(=O)(=O)OC(C)CCO[Si](c2ccccc2)(c2ccccc2)C(C)(C)C)cc1. The Bertz CT molecular complexity index is 1180. The van der Waals surface area contributed by atoms with Crippen molar-refractivity contribution in [3.8, 4) is 0 Å². The molecule has 220 valence electrons. The van der Waals surface area contributed by atoms with Crippen LogP contribution in [0.1, 0.15) is 60.5 Å². The first-order chi connectivity index (χ1) is 18.9. The minimum Gasteiger partial charge on any atom is -0.407 e. The molecule has 3 rings (SSSR count). The van der Waals surface area contributed by atoms with Gasteiger partial charge in [0.25, 0.3) is 18.4 Å². The van der Waals surface area contributed by atoms with Gasteiger partial charge < -0.3 is 9.33 Å². The molecule has 1 unspecified atom stereocenters. The summed E-state index contributed by atoms with van der Waals surface area (Å²) in [7, 11) is -6.47. The topological polar surface area (TPSA) is 55.8 Å². The molecule has 0 aliphatic heterocycles. The van der Waals surface area contributed by atoms with Gasteiger partial charge in [0, 0.05) is 6.61 Å². The molecule has 0 radical (unpaired) electrons. The number of hydrogen-bond acceptors (Lipinski definition) is 5. The van der Waals surface area contributed by atoms with Crippen LogP contribution in [0.25, 0.3) is 0 Å². The lowest BCUT2D eigenvalue weighted by atomic mass is 10.2. The Labute approximate surface area is 244 Å². The third kappa shape index (κ3) is 9.11. The third-order valence-corrected chi connectivity index (χ3v) is 13.7. The Balaban J connectivity index is 0.000000708. The number of hydrogen-bond donors (Lipinski definition) is 0. The fourth-order valence-electron chi connectivity index (χ4n) is 4.84. The summed E-state index contributed by atoms with van der Waals surface area (Å²) < 4.78 is 37.6. The Kier molecular flexibility index (Phi) is 13.3. The molecule has 0 heterocycles. The molecule has 0 aliphatic carbocycles. The highest BCUT2D eigenvalue weighted by molar-refractivity contribution is 7.86. The van der Waals surface area contributed by atoms with Gasteiger partial charge in [-0.3, -0.25) is 4.18 Å². The molecule has 0 aromatic heterocycles. The lowest BCUT2D eigenvalue weighted by Crippen LogP contribution is -2.66. The van der Waals surface area contributed by atoms with E-state index >= 15 is 0 Å². The van der Waals surface area contributed by atoms with Crippen molar-refractivity contribution >= 4 is 28.8 Å². The number of nitrogens with zero attached hydrogens (tertiary/aromatic N) is 1. The molecule has 0 bridgehead atoms. The van der Waals surface area contributed by atoms with E-state index in [2.05, 4.69) is 95.0 Å². The summed E-state index contributed by atoms with van der Waals surface area (Å²) in [5, 5.41) is 2.27. The average Bonchev–Trinajstić information content (AvgIpc) is 2.93. The maximum atomic E-state index is 12.7. The zero-order valence-electron chi connectivity index (χ0n) is 25.7. The van der Waals surface area contributed by atoms with Crippen LogP contribution in [0.15, 0.2) is 89.8 Å². The Morgan fingerprint density at radius 2 is 1.23 bits per heavy atom. The van der Waals surface area contributed by atoms with Crippen molar-refractivity contribution in [1.82, 2.24) is 4.90 Å². The van der Waals surface area contributed by atoms with Crippen molar-refractivity contribution in [1.29, 1.82) is 0 Å². The molecule has 0 aliphatic rings. The molecule has 0 amide bonds. The number of aryl methyl sites for hydroxylation is 1. The van der Waals surface area contributed by atoms with E-state index in [0.717, 1.165) is 5.56 Å². The van der Waals surface area contributed by atoms with Crippen molar-refractivity contribution in [2.75, 3.05) is 26.2 Å². The van der Waals surface area contributed by atoms with Crippen molar-refractivity contribution in [2.24, 2.45) is 0 Å². The monoisotopic (exact) mass is 583 g/mol. The summed E-state index contributed by atoms with van der Waals surface area (Å²) in [6, 6.07) is 27.5. The van der Waals surface area contributed by atoms with Crippen LogP contribution in [0, 0.1) is 6.92 Å². The van der Waals surface area contributed by atoms with Crippen LogP contribution in [0.4, 0.5) is 0 Å². The minimum atomic E-state index is -3.82. The third-order valence-electron chi connectivity index (χ3n) is 7.20. The van der Waals surface area contributed by atoms with Gasteiger partial charge in [0.1, 0.15) is 0 Å². The van der Waals surface area contributed by atoms with Crippen molar-refractivity contribution in [3.05, 3.63) is 90.5 Å². The van der Waals surface area contributed by atoms with Gasteiger partial charge in [-0.2, -0.15) is 8.42 Å². The summed E-state index contributed by atoms with van der Waals surface area (Å²) in [5.74, 6) is 0. The Morgan fingerprint density at radius 3 is 1.60 bits per heavy atom.